The topological polar surface area (TPSA) is 15.7 Å². The summed E-state index contributed by atoms with van der Waals surface area (Å²) in [7, 11) is 2.31. The van der Waals surface area contributed by atoms with Gasteiger partial charge in [0, 0.05) is 18.1 Å². The highest BCUT2D eigenvalue weighted by Crippen LogP contribution is 2.30. The fraction of sp³-hybridized carbons (Fsp3) is 1.00. The summed E-state index contributed by atoms with van der Waals surface area (Å²) in [5, 5.41) is 0. The van der Waals surface area contributed by atoms with Crippen LogP contribution in [0.3, 0.4) is 0 Å². The Morgan fingerprint density at radius 2 is 1.71 bits per heavy atom. The first-order chi connectivity index (χ1) is 9.75. The molecule has 2 aliphatic rings. The second-order valence-electron chi connectivity index (χ2n) is 8.47. The van der Waals surface area contributed by atoms with Crippen LogP contribution in [0.1, 0.15) is 60.3 Å². The van der Waals surface area contributed by atoms with Crippen LogP contribution < -0.4 is 0 Å². The van der Waals surface area contributed by atoms with Gasteiger partial charge in [0.25, 0.3) is 0 Å². The average molecular weight is 296 g/mol. The molecule has 1 heterocycles. The van der Waals surface area contributed by atoms with Gasteiger partial charge in [0.05, 0.1) is 12.2 Å². The highest BCUT2D eigenvalue weighted by molar-refractivity contribution is 4.89. The highest BCUT2D eigenvalue weighted by atomic mass is 16.5. The van der Waals surface area contributed by atoms with Crippen molar-refractivity contribution in [3.05, 3.63) is 0 Å². The van der Waals surface area contributed by atoms with E-state index in [2.05, 4.69) is 51.5 Å². The van der Waals surface area contributed by atoms with Gasteiger partial charge in [-0.25, -0.2) is 0 Å². The van der Waals surface area contributed by atoms with E-state index in [1.807, 2.05) is 0 Å². The first-order valence-electron chi connectivity index (χ1n) is 8.86. The molecule has 1 saturated heterocycles. The molecule has 0 spiro atoms. The number of likely N-dealkylation sites (tertiary alicyclic amines) is 1. The molecule has 2 rings (SSSR count). The summed E-state index contributed by atoms with van der Waals surface area (Å²) in [5.74, 6) is 0.888. The number of hydrogen-bond donors (Lipinski definition) is 0. The zero-order valence-electron chi connectivity index (χ0n) is 15.1. The van der Waals surface area contributed by atoms with Crippen LogP contribution in [0.25, 0.3) is 0 Å². The van der Waals surface area contributed by atoms with Crippen molar-refractivity contribution in [2.24, 2.45) is 5.92 Å². The third-order valence-corrected chi connectivity index (χ3v) is 5.27. The van der Waals surface area contributed by atoms with Crippen molar-refractivity contribution in [3.63, 3.8) is 0 Å². The molecule has 1 saturated carbocycles. The molecule has 0 N–H and O–H groups in total. The molecule has 1 aliphatic heterocycles. The first kappa shape index (κ1) is 17.2. The average Bonchev–Trinajstić information content (AvgIpc) is 2.32. The molecule has 0 aromatic carbocycles. The lowest BCUT2D eigenvalue weighted by molar-refractivity contribution is -0.0754. The Hall–Kier alpha value is -0.120. The van der Waals surface area contributed by atoms with Gasteiger partial charge in [-0.3, -0.25) is 4.90 Å². The quantitative estimate of drug-likeness (QED) is 0.773. The maximum Gasteiger partial charge on any atom is 0.0608 e. The number of piperidine rings is 1. The highest BCUT2D eigenvalue weighted by Gasteiger charge is 2.35. The maximum absolute atomic E-state index is 5.87. The van der Waals surface area contributed by atoms with E-state index in [1.165, 1.54) is 45.3 Å². The van der Waals surface area contributed by atoms with Crippen LogP contribution in [0.5, 0.6) is 0 Å². The summed E-state index contributed by atoms with van der Waals surface area (Å²) in [6.07, 6.45) is 6.08. The van der Waals surface area contributed by atoms with Gasteiger partial charge in [-0.1, -0.05) is 0 Å². The molecule has 124 valence electrons. The minimum Gasteiger partial charge on any atom is -0.375 e. The second-order valence-corrected chi connectivity index (χ2v) is 8.47. The van der Waals surface area contributed by atoms with Crippen LogP contribution in [0, 0.1) is 5.92 Å². The first-order valence-corrected chi connectivity index (χ1v) is 8.86. The summed E-state index contributed by atoms with van der Waals surface area (Å²) in [5.41, 5.74) is 0.340. The van der Waals surface area contributed by atoms with Crippen LogP contribution in [0.15, 0.2) is 0 Å². The molecule has 21 heavy (non-hydrogen) atoms. The Morgan fingerprint density at radius 1 is 1.14 bits per heavy atom. The maximum atomic E-state index is 5.87. The molecular weight excluding hydrogens is 260 g/mol. The summed E-state index contributed by atoms with van der Waals surface area (Å²) >= 11 is 0. The van der Waals surface area contributed by atoms with Crippen LogP contribution >= 0.6 is 0 Å². The van der Waals surface area contributed by atoms with Crippen molar-refractivity contribution < 1.29 is 4.74 Å². The lowest BCUT2D eigenvalue weighted by Crippen LogP contribution is -2.51. The number of rotatable bonds is 5. The van der Waals surface area contributed by atoms with E-state index in [1.54, 1.807) is 0 Å². The van der Waals surface area contributed by atoms with Gasteiger partial charge in [0.2, 0.25) is 0 Å². The fourth-order valence-electron chi connectivity index (χ4n) is 3.74. The molecular formula is C18H36N2O. The lowest BCUT2D eigenvalue weighted by atomic mass is 9.86. The van der Waals surface area contributed by atoms with Crippen molar-refractivity contribution in [2.45, 2.75) is 84.1 Å². The predicted molar refractivity (Wildman–Crippen MR) is 89.7 cm³/mol. The minimum absolute atomic E-state index is 0.340. The van der Waals surface area contributed by atoms with E-state index in [4.69, 9.17) is 4.74 Å². The van der Waals surface area contributed by atoms with Crippen molar-refractivity contribution in [1.29, 1.82) is 0 Å². The molecule has 0 radical (unpaired) electrons. The van der Waals surface area contributed by atoms with Crippen molar-refractivity contribution >= 4 is 0 Å². The Bertz CT molecular complexity index is 310. The monoisotopic (exact) mass is 296 g/mol. The predicted octanol–water partition coefficient (Wildman–Crippen LogP) is 3.38. The van der Waals surface area contributed by atoms with Crippen LogP contribution in [-0.2, 0) is 4.74 Å². The molecule has 0 amide bonds. The zero-order chi connectivity index (χ0) is 15.6. The number of ether oxygens (including phenoxy) is 1. The third-order valence-electron chi connectivity index (χ3n) is 5.27. The van der Waals surface area contributed by atoms with Gasteiger partial charge in [0.15, 0.2) is 0 Å². The van der Waals surface area contributed by atoms with E-state index in [9.17, 15) is 0 Å². The molecule has 2 fully saturated rings. The van der Waals surface area contributed by atoms with Gasteiger partial charge in [-0.15, -0.1) is 0 Å². The lowest BCUT2D eigenvalue weighted by Gasteiger charge is -2.45. The van der Waals surface area contributed by atoms with Crippen LogP contribution in [-0.4, -0.2) is 60.3 Å². The van der Waals surface area contributed by atoms with Gasteiger partial charge < -0.3 is 9.64 Å². The molecule has 0 aromatic heterocycles. The Kier molecular flexibility index (Phi) is 5.72. The third kappa shape index (κ3) is 4.94. The van der Waals surface area contributed by atoms with Gasteiger partial charge in [-0.05, 0) is 86.4 Å². The molecule has 0 atom stereocenters. The largest absolute Gasteiger partial charge is 0.375 e. The van der Waals surface area contributed by atoms with E-state index in [-0.39, 0.29) is 0 Å². The van der Waals surface area contributed by atoms with Crippen LogP contribution in [0.4, 0.5) is 0 Å². The molecule has 3 heteroatoms. The standard InChI is InChI=1S/C18H36N2O/c1-14(2)21-17-11-16(12-17)19(6)13-15-7-9-20(10-8-15)18(3,4)5/h14-17H,7-13H2,1-6H3. The Balaban J connectivity index is 1.65. The normalized spacial score (nSPS) is 29.1. The second kappa shape index (κ2) is 6.97. The Labute approximate surface area is 132 Å². The summed E-state index contributed by atoms with van der Waals surface area (Å²) in [6.45, 7) is 15.1. The zero-order valence-corrected chi connectivity index (χ0v) is 15.1. The molecule has 0 aromatic rings. The summed E-state index contributed by atoms with van der Waals surface area (Å²) in [6, 6.07) is 0.759. The number of hydrogen-bond acceptors (Lipinski definition) is 3. The van der Waals surface area contributed by atoms with Gasteiger partial charge >= 0.3 is 0 Å². The van der Waals surface area contributed by atoms with Crippen molar-refractivity contribution in [1.82, 2.24) is 9.80 Å². The SMILES string of the molecule is CC(C)OC1CC(N(C)CC2CCN(C(C)(C)C)CC2)C1. The summed E-state index contributed by atoms with van der Waals surface area (Å²) < 4.78 is 5.87. The van der Waals surface area contributed by atoms with Crippen molar-refractivity contribution in [3.8, 4) is 0 Å². The smallest absolute Gasteiger partial charge is 0.0608 e. The molecule has 3 nitrogen and oxygen atoms in total. The van der Waals surface area contributed by atoms with Gasteiger partial charge in [-0.2, -0.15) is 0 Å². The van der Waals surface area contributed by atoms with Gasteiger partial charge in [0.1, 0.15) is 0 Å². The van der Waals surface area contributed by atoms with E-state index in [0.29, 0.717) is 17.7 Å². The van der Waals surface area contributed by atoms with E-state index in [0.717, 1.165) is 12.0 Å². The van der Waals surface area contributed by atoms with E-state index < -0.39 is 0 Å². The molecule has 0 bridgehead atoms. The van der Waals surface area contributed by atoms with Crippen molar-refractivity contribution in [2.75, 3.05) is 26.7 Å². The molecule has 0 unspecified atom stereocenters. The Morgan fingerprint density at radius 3 is 2.19 bits per heavy atom. The number of nitrogens with zero attached hydrogens (tertiary/aromatic N) is 2. The van der Waals surface area contributed by atoms with Crippen LogP contribution in [0.2, 0.25) is 0 Å². The van der Waals surface area contributed by atoms with E-state index >= 15 is 0 Å². The molecule has 1 aliphatic carbocycles. The summed E-state index contributed by atoms with van der Waals surface area (Å²) in [4.78, 5) is 5.23. The minimum atomic E-state index is 0.340. The fourth-order valence-corrected chi connectivity index (χ4v) is 3.74.